The number of hydrogen-bond acceptors (Lipinski definition) is 2. The van der Waals surface area contributed by atoms with Crippen molar-refractivity contribution in [2.75, 3.05) is 4.90 Å². The Kier molecular flexibility index (Phi) is 6.53. The van der Waals surface area contributed by atoms with Gasteiger partial charge in [-0.05, 0) is 91.5 Å². The number of rotatable bonds is 5. The first-order valence-corrected chi connectivity index (χ1v) is 17.1. The van der Waals surface area contributed by atoms with Crippen LogP contribution in [-0.2, 0) is 0 Å². The Morgan fingerprint density at radius 3 is 1.80 bits per heavy atom. The monoisotopic (exact) mass is 637 g/mol. The summed E-state index contributed by atoms with van der Waals surface area (Å²) in [4.78, 5) is 2.33. The van der Waals surface area contributed by atoms with Gasteiger partial charge in [0, 0.05) is 39.5 Å². The van der Waals surface area contributed by atoms with Crippen molar-refractivity contribution in [3.63, 3.8) is 0 Å². The third-order valence-corrected chi connectivity index (χ3v) is 10.0. The van der Waals surface area contributed by atoms with Crippen LogP contribution in [0.25, 0.3) is 76.5 Å². The number of anilines is 3. The third kappa shape index (κ3) is 4.65. The quantitative estimate of drug-likeness (QED) is 0.187. The van der Waals surface area contributed by atoms with Gasteiger partial charge in [-0.3, -0.25) is 0 Å². The Morgan fingerprint density at radius 2 is 0.960 bits per heavy atom. The molecule has 9 aromatic carbocycles. The fourth-order valence-corrected chi connectivity index (χ4v) is 7.61. The lowest BCUT2D eigenvalue weighted by Crippen LogP contribution is -2.09. The smallest absolute Gasteiger partial charge is 0.143 e. The number of benzene rings is 9. The maximum Gasteiger partial charge on any atom is 0.143 e. The molecule has 234 valence electrons. The maximum absolute atomic E-state index is 6.98. The minimum absolute atomic E-state index is 0.862. The summed E-state index contributed by atoms with van der Waals surface area (Å²) < 4.78 is 6.98. The molecule has 0 bridgehead atoms. The van der Waals surface area contributed by atoms with E-state index in [0.29, 0.717) is 0 Å². The summed E-state index contributed by atoms with van der Waals surface area (Å²) in [6, 6.07) is 67.4. The molecule has 10 aromatic rings. The molecule has 0 amide bonds. The molecule has 0 aliphatic rings. The van der Waals surface area contributed by atoms with Gasteiger partial charge in [0.1, 0.15) is 11.2 Å². The van der Waals surface area contributed by atoms with Crippen LogP contribution in [0.3, 0.4) is 0 Å². The predicted molar refractivity (Wildman–Crippen MR) is 212 cm³/mol. The van der Waals surface area contributed by atoms with E-state index < -0.39 is 0 Å². The number of hydrogen-bond donors (Lipinski definition) is 0. The summed E-state index contributed by atoms with van der Waals surface area (Å²) in [5, 5.41) is 9.47. The molecule has 1 aromatic heterocycles. The van der Waals surface area contributed by atoms with E-state index in [1.807, 2.05) is 0 Å². The van der Waals surface area contributed by atoms with Crippen LogP contribution in [-0.4, -0.2) is 0 Å². The van der Waals surface area contributed by atoms with Crippen molar-refractivity contribution in [3.05, 3.63) is 188 Å². The molecule has 0 spiro atoms. The maximum atomic E-state index is 6.98. The van der Waals surface area contributed by atoms with E-state index in [0.717, 1.165) is 44.6 Å². The molecule has 0 aliphatic heterocycles. The van der Waals surface area contributed by atoms with E-state index in [2.05, 4.69) is 193 Å². The van der Waals surface area contributed by atoms with Crippen molar-refractivity contribution in [1.29, 1.82) is 0 Å². The molecule has 0 N–H and O–H groups in total. The third-order valence-electron chi connectivity index (χ3n) is 10.0. The Hall–Kier alpha value is -6.64. The van der Waals surface area contributed by atoms with E-state index in [4.69, 9.17) is 4.42 Å². The summed E-state index contributed by atoms with van der Waals surface area (Å²) in [5.41, 5.74) is 9.69. The van der Waals surface area contributed by atoms with E-state index in [9.17, 15) is 0 Å². The molecule has 0 saturated carbocycles. The topological polar surface area (TPSA) is 16.4 Å². The van der Waals surface area contributed by atoms with Crippen molar-refractivity contribution in [2.24, 2.45) is 0 Å². The lowest BCUT2D eigenvalue weighted by molar-refractivity contribution is 0.670. The van der Waals surface area contributed by atoms with Crippen LogP contribution in [0.1, 0.15) is 0 Å². The molecule has 1 heterocycles. The largest absolute Gasteiger partial charge is 0.455 e. The summed E-state index contributed by atoms with van der Waals surface area (Å²) in [6.45, 7) is 0. The van der Waals surface area contributed by atoms with Gasteiger partial charge in [0.15, 0.2) is 0 Å². The fraction of sp³-hybridized carbons (Fsp3) is 0. The van der Waals surface area contributed by atoms with Crippen LogP contribution >= 0.6 is 0 Å². The zero-order valence-electron chi connectivity index (χ0n) is 27.3. The molecule has 50 heavy (non-hydrogen) atoms. The Bertz CT molecular complexity index is 2860. The van der Waals surface area contributed by atoms with E-state index in [-0.39, 0.29) is 0 Å². The number of furan rings is 1. The van der Waals surface area contributed by atoms with Crippen LogP contribution in [0.5, 0.6) is 0 Å². The second-order valence-corrected chi connectivity index (χ2v) is 12.9. The van der Waals surface area contributed by atoms with Gasteiger partial charge >= 0.3 is 0 Å². The van der Waals surface area contributed by atoms with Crippen molar-refractivity contribution < 1.29 is 4.42 Å². The Morgan fingerprint density at radius 1 is 0.340 bits per heavy atom. The lowest BCUT2D eigenvalue weighted by atomic mass is 9.92. The average Bonchev–Trinajstić information content (AvgIpc) is 3.55. The molecular weight excluding hydrogens is 607 g/mol. The Labute approximate surface area is 290 Å². The van der Waals surface area contributed by atoms with Gasteiger partial charge in [0.05, 0.1) is 0 Å². The molecule has 2 heteroatoms. The molecule has 0 atom stereocenters. The van der Waals surface area contributed by atoms with Gasteiger partial charge in [0.2, 0.25) is 0 Å². The average molecular weight is 638 g/mol. The zero-order chi connectivity index (χ0) is 33.0. The van der Waals surface area contributed by atoms with Crippen LogP contribution in [0, 0.1) is 0 Å². The second-order valence-electron chi connectivity index (χ2n) is 12.9. The van der Waals surface area contributed by atoms with Gasteiger partial charge in [-0.15, -0.1) is 0 Å². The normalized spacial score (nSPS) is 11.6. The minimum atomic E-state index is 0.862. The highest BCUT2D eigenvalue weighted by atomic mass is 16.3. The zero-order valence-corrected chi connectivity index (χ0v) is 27.3. The van der Waals surface area contributed by atoms with Crippen molar-refractivity contribution in [1.82, 2.24) is 0 Å². The van der Waals surface area contributed by atoms with Crippen LogP contribution < -0.4 is 4.90 Å². The molecule has 0 saturated heterocycles. The van der Waals surface area contributed by atoms with Gasteiger partial charge < -0.3 is 9.32 Å². The summed E-state index contributed by atoms with van der Waals surface area (Å²) >= 11 is 0. The number of nitrogens with zero attached hydrogens (tertiary/aromatic N) is 1. The SMILES string of the molecule is c1ccc(-c2ccc(N(c3ccc4ccccc4c3)c3ccc4c(c3)oc3c(-c5cccc6ccccc56)c5ccccc5cc34)cc2)cc1. The Balaban J connectivity index is 1.19. The molecule has 2 nitrogen and oxygen atoms in total. The molecule has 0 radical (unpaired) electrons. The van der Waals surface area contributed by atoms with Crippen LogP contribution in [0.4, 0.5) is 17.1 Å². The van der Waals surface area contributed by atoms with Crippen LogP contribution in [0.15, 0.2) is 192 Å². The number of fused-ring (bicyclic) bond motifs is 6. The first-order chi connectivity index (χ1) is 24.8. The first-order valence-electron chi connectivity index (χ1n) is 17.1. The standard InChI is InChI=1S/C48H31NO/c1-2-11-32(12-3-1)34-21-24-38(25-22-34)49(39-26-23-33-13-4-5-15-36(33)29-39)40-27-28-43-45-30-37-16-7-9-19-42(37)47(48(45)50-46(43)31-40)44-20-10-17-35-14-6-8-18-41(35)44/h1-31H. The van der Waals surface area contributed by atoms with Crippen molar-refractivity contribution >= 4 is 71.3 Å². The highest BCUT2D eigenvalue weighted by Gasteiger charge is 2.20. The first kappa shape index (κ1) is 28.4. The summed E-state index contributed by atoms with van der Waals surface area (Å²) in [5.74, 6) is 0. The lowest BCUT2D eigenvalue weighted by Gasteiger charge is -2.26. The molecule has 0 unspecified atom stereocenters. The highest BCUT2D eigenvalue weighted by Crippen LogP contribution is 2.45. The predicted octanol–water partition coefficient (Wildman–Crippen LogP) is 13.8. The summed E-state index contributed by atoms with van der Waals surface area (Å²) in [7, 11) is 0. The van der Waals surface area contributed by atoms with Gasteiger partial charge in [-0.25, -0.2) is 0 Å². The molecule has 10 rings (SSSR count). The molecule has 0 aliphatic carbocycles. The summed E-state index contributed by atoms with van der Waals surface area (Å²) in [6.07, 6.45) is 0. The van der Waals surface area contributed by atoms with E-state index >= 15 is 0 Å². The van der Waals surface area contributed by atoms with Crippen molar-refractivity contribution in [2.45, 2.75) is 0 Å². The fourth-order valence-electron chi connectivity index (χ4n) is 7.61. The minimum Gasteiger partial charge on any atom is -0.455 e. The van der Waals surface area contributed by atoms with Gasteiger partial charge in [-0.1, -0.05) is 140 Å². The van der Waals surface area contributed by atoms with Crippen molar-refractivity contribution in [3.8, 4) is 22.3 Å². The second kappa shape index (κ2) is 11.5. The van der Waals surface area contributed by atoms with Crippen LogP contribution in [0.2, 0.25) is 0 Å². The van der Waals surface area contributed by atoms with E-state index in [1.54, 1.807) is 0 Å². The van der Waals surface area contributed by atoms with E-state index in [1.165, 1.54) is 49.0 Å². The van der Waals surface area contributed by atoms with Gasteiger partial charge in [-0.2, -0.15) is 0 Å². The molecular formula is C48H31NO. The molecule has 0 fully saturated rings. The highest BCUT2D eigenvalue weighted by molar-refractivity contribution is 6.21. The van der Waals surface area contributed by atoms with Gasteiger partial charge in [0.25, 0.3) is 0 Å².